The molecule has 0 spiro atoms. The van der Waals surface area contributed by atoms with E-state index in [1.807, 2.05) is 6.92 Å². The standard InChI is InChI=1S/C35H42F6N6O4/c1-4-29-14-30(20-47(29)33(49)51-21-23-8-6-22(7-9-23)12-31(48)50-5-2)46(32-42-15-25(16-43-32)26-17-44-45(3)19-26)18-24-10-27(34(36,37)38)13-28(11-24)35(39,40)41/h10-11,13,15-17,19,22-23,29-30H,4-9,12,14,18,20-21H2,1-3H3/t22?,23?,29-,30+/m1/s1. The fourth-order valence-corrected chi connectivity index (χ4v) is 6.92. The van der Waals surface area contributed by atoms with E-state index in [0.29, 0.717) is 43.6 Å². The summed E-state index contributed by atoms with van der Waals surface area (Å²) in [4.78, 5) is 37.4. The molecule has 0 unspecified atom stereocenters. The smallest absolute Gasteiger partial charge is 0.416 e. The van der Waals surface area contributed by atoms with Crippen LogP contribution in [0.25, 0.3) is 11.1 Å². The first kappa shape index (κ1) is 37.9. The van der Waals surface area contributed by atoms with Crippen LogP contribution in [0.15, 0.2) is 43.0 Å². The summed E-state index contributed by atoms with van der Waals surface area (Å²) >= 11 is 0. The number of carbonyl (C=O) groups is 2. The molecule has 2 aliphatic rings. The third-order valence-electron chi connectivity index (χ3n) is 9.64. The Morgan fingerprint density at radius 2 is 1.51 bits per heavy atom. The molecule has 1 saturated heterocycles. The number of carbonyl (C=O) groups excluding carboxylic acids is 2. The van der Waals surface area contributed by atoms with E-state index in [4.69, 9.17) is 9.47 Å². The molecule has 3 heterocycles. The van der Waals surface area contributed by atoms with Crippen LogP contribution in [0.2, 0.25) is 0 Å². The van der Waals surface area contributed by atoms with E-state index in [-0.39, 0.29) is 61.1 Å². The van der Waals surface area contributed by atoms with Crippen molar-refractivity contribution in [3.8, 4) is 11.1 Å². The van der Waals surface area contributed by atoms with Gasteiger partial charge in [-0.1, -0.05) is 6.92 Å². The number of rotatable bonds is 11. The van der Waals surface area contributed by atoms with Gasteiger partial charge in [0.25, 0.3) is 0 Å². The number of alkyl halides is 6. The SMILES string of the molecule is CCOC(=O)CC1CCC(COC(=O)N2C[C@@H](N(Cc3cc(C(F)(F)F)cc(C(F)(F)F)c3)c3ncc(-c4cnn(C)c4)cn3)C[C@H]2CC)CC1. The van der Waals surface area contributed by atoms with E-state index >= 15 is 0 Å². The minimum Gasteiger partial charge on any atom is -0.466 e. The number of hydrogen-bond acceptors (Lipinski definition) is 8. The van der Waals surface area contributed by atoms with Crippen LogP contribution in [-0.4, -0.2) is 68.6 Å². The third-order valence-corrected chi connectivity index (χ3v) is 9.64. The van der Waals surface area contributed by atoms with Gasteiger partial charge in [-0.15, -0.1) is 0 Å². The van der Waals surface area contributed by atoms with E-state index < -0.39 is 35.6 Å². The molecule has 2 fully saturated rings. The van der Waals surface area contributed by atoms with Gasteiger partial charge in [-0.25, -0.2) is 14.8 Å². The molecule has 0 bridgehead atoms. The summed E-state index contributed by atoms with van der Waals surface area (Å²) in [5.41, 5.74) is -1.74. The predicted molar refractivity (Wildman–Crippen MR) is 174 cm³/mol. The molecule has 1 amide bonds. The maximum Gasteiger partial charge on any atom is 0.416 e. The summed E-state index contributed by atoms with van der Waals surface area (Å²) in [6, 6.07) is 0.652. The lowest BCUT2D eigenvalue weighted by Gasteiger charge is -2.30. The maximum absolute atomic E-state index is 13.8. The Morgan fingerprint density at radius 1 is 0.882 bits per heavy atom. The van der Waals surface area contributed by atoms with Gasteiger partial charge in [-0.2, -0.15) is 31.4 Å². The summed E-state index contributed by atoms with van der Waals surface area (Å²) in [5.74, 6) is 0.246. The lowest BCUT2D eigenvalue weighted by molar-refractivity contribution is -0.145. The molecular weight excluding hydrogens is 682 g/mol. The lowest BCUT2D eigenvalue weighted by Crippen LogP contribution is -2.41. The third kappa shape index (κ3) is 9.70. The summed E-state index contributed by atoms with van der Waals surface area (Å²) in [6.07, 6.45) is 0.356. The second-order valence-corrected chi connectivity index (χ2v) is 13.3. The Kier molecular flexibility index (Phi) is 11.8. The van der Waals surface area contributed by atoms with E-state index in [9.17, 15) is 35.9 Å². The quantitative estimate of drug-likeness (QED) is 0.147. The maximum atomic E-state index is 13.8. The van der Waals surface area contributed by atoms with Gasteiger partial charge in [0, 0.05) is 62.3 Å². The van der Waals surface area contributed by atoms with Gasteiger partial charge in [0.1, 0.15) is 0 Å². The first-order valence-electron chi connectivity index (χ1n) is 17.1. The van der Waals surface area contributed by atoms with Gasteiger partial charge < -0.3 is 19.3 Å². The van der Waals surface area contributed by atoms with Crippen molar-refractivity contribution in [2.45, 2.75) is 89.8 Å². The average molecular weight is 725 g/mol. The number of aromatic nitrogens is 4. The van der Waals surface area contributed by atoms with Crippen LogP contribution in [0, 0.1) is 11.8 Å². The Hall–Kier alpha value is -4.37. The summed E-state index contributed by atoms with van der Waals surface area (Å²) < 4.78 is 95.0. The fraction of sp³-hybridized carbons (Fsp3) is 0.571. The molecule has 0 N–H and O–H groups in total. The zero-order chi connectivity index (χ0) is 36.9. The molecule has 5 rings (SSSR count). The number of hydrogen-bond donors (Lipinski definition) is 0. The highest BCUT2D eigenvalue weighted by atomic mass is 19.4. The van der Waals surface area contributed by atoms with Crippen LogP contribution in [0.4, 0.5) is 37.1 Å². The molecule has 0 radical (unpaired) electrons. The van der Waals surface area contributed by atoms with Gasteiger partial charge in [-0.3, -0.25) is 9.48 Å². The highest BCUT2D eigenvalue weighted by Gasteiger charge is 2.41. The molecule has 1 aromatic carbocycles. The first-order chi connectivity index (χ1) is 24.1. The number of esters is 1. The van der Waals surface area contributed by atoms with Crippen LogP contribution >= 0.6 is 0 Å². The van der Waals surface area contributed by atoms with Crippen molar-refractivity contribution in [3.05, 3.63) is 59.7 Å². The Morgan fingerprint density at radius 3 is 2.06 bits per heavy atom. The summed E-state index contributed by atoms with van der Waals surface area (Å²) in [7, 11) is 1.74. The number of halogens is 6. The molecule has 2 atom stereocenters. The zero-order valence-electron chi connectivity index (χ0n) is 28.7. The largest absolute Gasteiger partial charge is 0.466 e. The van der Waals surface area contributed by atoms with Crippen molar-refractivity contribution in [2.75, 3.05) is 24.7 Å². The summed E-state index contributed by atoms with van der Waals surface area (Å²) in [6.45, 7) is 3.93. The highest BCUT2D eigenvalue weighted by Crippen LogP contribution is 2.38. The van der Waals surface area contributed by atoms with Crippen LogP contribution in [0.5, 0.6) is 0 Å². The molecule has 1 aliphatic heterocycles. The minimum atomic E-state index is -5.01. The number of amides is 1. The molecule has 51 heavy (non-hydrogen) atoms. The van der Waals surface area contributed by atoms with Crippen molar-refractivity contribution in [1.82, 2.24) is 24.6 Å². The number of likely N-dealkylation sites (tertiary alicyclic amines) is 1. The number of nitrogens with zero attached hydrogens (tertiary/aromatic N) is 6. The molecule has 16 heteroatoms. The molecule has 1 aliphatic carbocycles. The van der Waals surface area contributed by atoms with Crippen LogP contribution in [0.3, 0.4) is 0 Å². The number of ether oxygens (including phenoxy) is 2. The van der Waals surface area contributed by atoms with E-state index in [0.717, 1.165) is 31.2 Å². The van der Waals surface area contributed by atoms with Gasteiger partial charge in [0.15, 0.2) is 0 Å². The number of aryl methyl sites for hydroxylation is 1. The molecule has 3 aromatic rings. The van der Waals surface area contributed by atoms with E-state index in [1.54, 1.807) is 40.8 Å². The fourth-order valence-electron chi connectivity index (χ4n) is 6.92. The zero-order valence-corrected chi connectivity index (χ0v) is 28.7. The average Bonchev–Trinajstić information content (AvgIpc) is 3.72. The van der Waals surface area contributed by atoms with Gasteiger partial charge in [0.05, 0.1) is 36.6 Å². The Labute approximate surface area is 292 Å². The van der Waals surface area contributed by atoms with Crippen molar-refractivity contribution in [1.29, 1.82) is 0 Å². The van der Waals surface area contributed by atoms with Crippen molar-refractivity contribution >= 4 is 18.0 Å². The van der Waals surface area contributed by atoms with Crippen LogP contribution < -0.4 is 4.90 Å². The Bertz CT molecular complexity index is 1610. The summed E-state index contributed by atoms with van der Waals surface area (Å²) in [5, 5.41) is 4.13. The predicted octanol–water partition coefficient (Wildman–Crippen LogP) is 7.67. The van der Waals surface area contributed by atoms with Gasteiger partial charge in [-0.05, 0) is 81.0 Å². The molecule has 10 nitrogen and oxygen atoms in total. The van der Waals surface area contributed by atoms with Crippen LogP contribution in [-0.2, 0) is 40.2 Å². The van der Waals surface area contributed by atoms with Gasteiger partial charge >= 0.3 is 24.4 Å². The monoisotopic (exact) mass is 724 g/mol. The number of anilines is 1. The molecular formula is C35H42F6N6O4. The minimum absolute atomic E-state index is 0.0864. The highest BCUT2D eigenvalue weighted by molar-refractivity contribution is 5.70. The molecule has 2 aromatic heterocycles. The van der Waals surface area contributed by atoms with Crippen molar-refractivity contribution < 1.29 is 45.4 Å². The second kappa shape index (κ2) is 15.9. The van der Waals surface area contributed by atoms with Gasteiger partial charge in [0.2, 0.25) is 5.95 Å². The first-order valence-corrected chi connectivity index (χ1v) is 17.1. The van der Waals surface area contributed by atoms with Crippen molar-refractivity contribution in [3.63, 3.8) is 0 Å². The van der Waals surface area contributed by atoms with E-state index in [2.05, 4.69) is 15.1 Å². The number of benzene rings is 1. The van der Waals surface area contributed by atoms with E-state index in [1.165, 1.54) is 12.4 Å². The van der Waals surface area contributed by atoms with Crippen LogP contribution in [0.1, 0.15) is 75.5 Å². The molecule has 1 saturated carbocycles. The second-order valence-electron chi connectivity index (χ2n) is 13.3. The Balaban J connectivity index is 1.34. The normalized spacial score (nSPS) is 21.1. The lowest BCUT2D eigenvalue weighted by atomic mass is 9.81. The topological polar surface area (TPSA) is 103 Å². The van der Waals surface area contributed by atoms with Crippen molar-refractivity contribution in [2.24, 2.45) is 18.9 Å². The molecule has 278 valence electrons.